The molecule has 1 aromatic carbocycles. The van der Waals surface area contributed by atoms with Gasteiger partial charge in [-0.2, -0.15) is 4.89 Å². The lowest BCUT2D eigenvalue weighted by atomic mass is 10.2. The van der Waals surface area contributed by atoms with E-state index in [1.807, 2.05) is 30.3 Å². The van der Waals surface area contributed by atoms with Crippen molar-refractivity contribution in [3.8, 4) is 0 Å². The summed E-state index contributed by atoms with van der Waals surface area (Å²) >= 11 is 0. The minimum absolute atomic E-state index is 0.244. The largest absolute Gasteiger partial charge is 0.480 e. The molecule has 0 saturated carbocycles. The van der Waals surface area contributed by atoms with Gasteiger partial charge in [-0.3, -0.25) is 0 Å². The fraction of sp³-hybridized carbons (Fsp3) is 0.231. The maximum atomic E-state index is 10.7. The molecular formula is C13H15NO4. The smallest absolute Gasteiger partial charge is 0.328 e. The SMILES string of the molecule is C=CC[C@H](N=COOCc1ccccc1)C(=O)O. The highest BCUT2D eigenvalue weighted by atomic mass is 17.2. The Morgan fingerprint density at radius 1 is 1.44 bits per heavy atom. The summed E-state index contributed by atoms with van der Waals surface area (Å²) in [5, 5.41) is 8.78. The van der Waals surface area contributed by atoms with Crippen molar-refractivity contribution >= 4 is 12.4 Å². The first kappa shape index (κ1) is 13.9. The zero-order valence-electron chi connectivity index (χ0n) is 9.86. The van der Waals surface area contributed by atoms with Crippen LogP contribution in [-0.4, -0.2) is 23.5 Å². The molecule has 0 bridgehead atoms. The van der Waals surface area contributed by atoms with Crippen molar-refractivity contribution in [3.05, 3.63) is 48.6 Å². The monoisotopic (exact) mass is 249 g/mol. The van der Waals surface area contributed by atoms with Crippen LogP contribution in [0, 0.1) is 0 Å². The maximum absolute atomic E-state index is 10.7. The molecule has 1 aromatic rings. The Labute approximate surface area is 105 Å². The second-order valence-electron chi connectivity index (χ2n) is 3.48. The highest BCUT2D eigenvalue weighted by molar-refractivity contribution is 5.75. The Morgan fingerprint density at radius 2 is 2.17 bits per heavy atom. The number of aliphatic carboxylic acids is 1. The van der Waals surface area contributed by atoms with Crippen molar-refractivity contribution < 1.29 is 19.7 Å². The van der Waals surface area contributed by atoms with E-state index in [9.17, 15) is 4.79 Å². The van der Waals surface area contributed by atoms with Crippen molar-refractivity contribution in [1.29, 1.82) is 0 Å². The first-order chi connectivity index (χ1) is 8.74. The molecule has 1 atom stereocenters. The van der Waals surface area contributed by atoms with Gasteiger partial charge in [0.15, 0.2) is 6.04 Å². The summed E-state index contributed by atoms with van der Waals surface area (Å²) in [7, 11) is 0. The predicted octanol–water partition coefficient (Wildman–Crippen LogP) is 2.19. The lowest BCUT2D eigenvalue weighted by Gasteiger charge is -2.03. The molecule has 0 radical (unpaired) electrons. The minimum atomic E-state index is -1.03. The van der Waals surface area contributed by atoms with Crippen LogP contribution in [0.3, 0.4) is 0 Å². The van der Waals surface area contributed by atoms with Crippen LogP contribution in [0.4, 0.5) is 0 Å². The number of carboxylic acid groups (broad SMARTS) is 1. The second-order valence-corrected chi connectivity index (χ2v) is 3.48. The van der Waals surface area contributed by atoms with Gasteiger partial charge in [0.2, 0.25) is 6.40 Å². The average Bonchev–Trinajstić information content (AvgIpc) is 2.38. The van der Waals surface area contributed by atoms with Crippen molar-refractivity contribution in [2.24, 2.45) is 4.99 Å². The highest BCUT2D eigenvalue weighted by Gasteiger charge is 2.12. The normalized spacial score (nSPS) is 12.2. The van der Waals surface area contributed by atoms with E-state index in [0.717, 1.165) is 12.0 Å². The number of carbonyl (C=O) groups is 1. The Balaban J connectivity index is 2.28. The molecule has 0 heterocycles. The van der Waals surface area contributed by atoms with Crippen LogP contribution in [0.1, 0.15) is 12.0 Å². The van der Waals surface area contributed by atoms with Gasteiger partial charge in [-0.1, -0.05) is 36.4 Å². The average molecular weight is 249 g/mol. The van der Waals surface area contributed by atoms with E-state index in [0.29, 0.717) is 0 Å². The molecule has 0 aliphatic carbocycles. The molecule has 0 aliphatic rings. The van der Waals surface area contributed by atoms with Gasteiger partial charge in [-0.05, 0) is 12.0 Å². The van der Waals surface area contributed by atoms with E-state index in [1.165, 1.54) is 6.08 Å². The Morgan fingerprint density at radius 3 is 2.78 bits per heavy atom. The Bertz CT molecular complexity index is 403. The Hall–Kier alpha value is -2.14. The number of hydrogen-bond acceptors (Lipinski definition) is 4. The lowest BCUT2D eigenvalue weighted by molar-refractivity contribution is -0.227. The van der Waals surface area contributed by atoms with Crippen LogP contribution in [0.15, 0.2) is 48.0 Å². The number of rotatable bonds is 8. The molecule has 5 nitrogen and oxygen atoms in total. The molecule has 0 saturated heterocycles. The van der Waals surface area contributed by atoms with E-state index in [-0.39, 0.29) is 13.0 Å². The molecule has 18 heavy (non-hydrogen) atoms. The minimum Gasteiger partial charge on any atom is -0.480 e. The van der Waals surface area contributed by atoms with Crippen molar-refractivity contribution in [2.75, 3.05) is 0 Å². The van der Waals surface area contributed by atoms with E-state index in [4.69, 9.17) is 9.99 Å². The molecule has 1 N–H and O–H groups in total. The highest BCUT2D eigenvalue weighted by Crippen LogP contribution is 2.01. The van der Waals surface area contributed by atoms with Crippen LogP contribution >= 0.6 is 0 Å². The summed E-state index contributed by atoms with van der Waals surface area (Å²) in [6.07, 6.45) is 2.72. The van der Waals surface area contributed by atoms with Gasteiger partial charge in [0.05, 0.1) is 0 Å². The van der Waals surface area contributed by atoms with Crippen LogP contribution in [-0.2, 0) is 21.2 Å². The zero-order valence-corrected chi connectivity index (χ0v) is 9.86. The van der Waals surface area contributed by atoms with E-state index < -0.39 is 12.0 Å². The van der Waals surface area contributed by atoms with Gasteiger partial charge < -0.3 is 9.99 Å². The molecular weight excluding hydrogens is 234 g/mol. The second kappa shape index (κ2) is 8.03. The topological polar surface area (TPSA) is 68.1 Å². The molecule has 0 amide bonds. The van der Waals surface area contributed by atoms with Gasteiger partial charge in [0, 0.05) is 0 Å². The van der Waals surface area contributed by atoms with Crippen LogP contribution in [0.25, 0.3) is 0 Å². The number of nitrogens with zero attached hydrogens (tertiary/aromatic N) is 1. The van der Waals surface area contributed by atoms with E-state index >= 15 is 0 Å². The number of benzene rings is 1. The van der Waals surface area contributed by atoms with Crippen molar-refractivity contribution in [2.45, 2.75) is 19.1 Å². The number of carboxylic acids is 1. The van der Waals surface area contributed by atoms with Crippen LogP contribution in [0.2, 0.25) is 0 Å². The summed E-state index contributed by atoms with van der Waals surface area (Å²) in [6.45, 7) is 3.73. The molecule has 0 fully saturated rings. The summed E-state index contributed by atoms with van der Waals surface area (Å²) < 4.78 is 0. The molecule has 96 valence electrons. The third-order valence-corrected chi connectivity index (χ3v) is 2.10. The molecule has 1 rings (SSSR count). The molecule has 0 spiro atoms. The van der Waals surface area contributed by atoms with Crippen molar-refractivity contribution in [3.63, 3.8) is 0 Å². The first-order valence-electron chi connectivity index (χ1n) is 5.41. The van der Waals surface area contributed by atoms with E-state index in [2.05, 4.69) is 16.5 Å². The fourth-order valence-electron chi connectivity index (χ4n) is 1.19. The molecule has 5 heteroatoms. The zero-order chi connectivity index (χ0) is 13.2. The molecule has 0 aliphatic heterocycles. The summed E-state index contributed by atoms with van der Waals surface area (Å²) in [4.78, 5) is 24.0. The van der Waals surface area contributed by atoms with Crippen LogP contribution < -0.4 is 0 Å². The Kier molecular flexibility index (Phi) is 6.21. The summed E-state index contributed by atoms with van der Waals surface area (Å²) in [5.41, 5.74) is 0.951. The van der Waals surface area contributed by atoms with Crippen molar-refractivity contribution in [1.82, 2.24) is 0 Å². The number of hydrogen-bond donors (Lipinski definition) is 1. The van der Waals surface area contributed by atoms with Gasteiger partial charge in [0.25, 0.3) is 0 Å². The number of aliphatic imine (C=N–C) groups is 1. The third-order valence-electron chi connectivity index (χ3n) is 2.10. The van der Waals surface area contributed by atoms with Crippen LogP contribution in [0.5, 0.6) is 0 Å². The van der Waals surface area contributed by atoms with Gasteiger partial charge in [-0.15, -0.1) is 6.58 Å². The first-order valence-corrected chi connectivity index (χ1v) is 5.41. The predicted molar refractivity (Wildman–Crippen MR) is 67.0 cm³/mol. The maximum Gasteiger partial charge on any atom is 0.328 e. The summed E-state index contributed by atoms with van der Waals surface area (Å²) in [6, 6.07) is 8.56. The third kappa shape index (κ3) is 5.27. The fourth-order valence-corrected chi connectivity index (χ4v) is 1.19. The van der Waals surface area contributed by atoms with Gasteiger partial charge in [0.1, 0.15) is 6.61 Å². The quantitative estimate of drug-likeness (QED) is 0.191. The molecule has 0 aromatic heterocycles. The lowest BCUT2D eigenvalue weighted by Crippen LogP contribution is -2.17. The van der Waals surface area contributed by atoms with Gasteiger partial charge in [-0.25, -0.2) is 9.79 Å². The van der Waals surface area contributed by atoms with Gasteiger partial charge >= 0.3 is 5.97 Å². The molecule has 0 unspecified atom stereocenters. The van der Waals surface area contributed by atoms with E-state index in [1.54, 1.807) is 0 Å². The summed E-state index contributed by atoms with van der Waals surface area (Å²) in [5.74, 6) is -1.03. The standard InChI is InChI=1S/C13H15NO4/c1-2-6-12(13(15)16)14-10-18-17-9-11-7-4-3-5-8-11/h2-5,7-8,10,12H,1,6,9H2,(H,15,16)/t12-/m0/s1.